The Morgan fingerprint density at radius 2 is 1.95 bits per heavy atom. The molecule has 2 aromatic rings. The summed E-state index contributed by atoms with van der Waals surface area (Å²) in [6, 6.07) is 18.9. The predicted octanol–water partition coefficient (Wildman–Crippen LogP) is 3.31. The Bertz CT molecular complexity index is 634. The molecule has 1 amide bonds. The molecule has 0 aliphatic carbocycles. The molecule has 0 fully saturated rings. The fourth-order valence-electron chi connectivity index (χ4n) is 1.69. The topological polar surface area (TPSA) is 44.1 Å². The lowest BCUT2D eigenvalue weighted by Crippen LogP contribution is -2.27. The lowest BCUT2D eigenvalue weighted by molar-refractivity contribution is -0.115. The lowest BCUT2D eigenvalue weighted by atomic mass is 10.2. The number of amides is 1. The fourth-order valence-corrected chi connectivity index (χ4v) is 2.52. The molecular formula is C16H14N2OS. The number of nitriles is 1. The number of nitrogens with zero attached hydrogens (tertiary/aromatic N) is 2. The number of hydrogen-bond acceptors (Lipinski definition) is 3. The van der Waals surface area contributed by atoms with Gasteiger partial charge in [-0.25, -0.2) is 0 Å². The second-order valence-electron chi connectivity index (χ2n) is 4.22. The van der Waals surface area contributed by atoms with Gasteiger partial charge >= 0.3 is 0 Å². The van der Waals surface area contributed by atoms with Crippen molar-refractivity contribution in [1.29, 1.82) is 5.26 Å². The molecule has 4 heteroatoms. The smallest absolute Gasteiger partial charge is 0.237 e. The van der Waals surface area contributed by atoms with Crippen LogP contribution in [0.1, 0.15) is 5.56 Å². The van der Waals surface area contributed by atoms with E-state index in [4.69, 9.17) is 5.26 Å². The van der Waals surface area contributed by atoms with Crippen LogP contribution in [0.2, 0.25) is 0 Å². The summed E-state index contributed by atoms with van der Waals surface area (Å²) in [5, 5.41) is 8.88. The molecule has 0 saturated carbocycles. The summed E-state index contributed by atoms with van der Waals surface area (Å²) in [5.41, 5.74) is 1.29. The molecule has 0 heterocycles. The Balaban J connectivity index is 2.00. The van der Waals surface area contributed by atoms with Gasteiger partial charge in [0.2, 0.25) is 5.91 Å². The van der Waals surface area contributed by atoms with Crippen LogP contribution in [0, 0.1) is 11.3 Å². The minimum absolute atomic E-state index is 0.00828. The molecule has 0 aromatic heterocycles. The molecule has 2 rings (SSSR count). The fraction of sp³-hybridized carbons (Fsp3) is 0.125. The molecule has 20 heavy (non-hydrogen) atoms. The average Bonchev–Trinajstić information content (AvgIpc) is 2.53. The lowest BCUT2D eigenvalue weighted by Gasteiger charge is -2.17. The normalized spacial score (nSPS) is 9.80. The van der Waals surface area contributed by atoms with E-state index < -0.39 is 0 Å². The van der Waals surface area contributed by atoms with Gasteiger partial charge in [0.15, 0.2) is 0 Å². The van der Waals surface area contributed by atoms with E-state index in [0.717, 1.165) is 10.6 Å². The van der Waals surface area contributed by atoms with Crippen LogP contribution in [0.3, 0.4) is 0 Å². The molecule has 0 radical (unpaired) electrons. The Labute approximate surface area is 122 Å². The molecule has 0 atom stereocenters. The first kappa shape index (κ1) is 14.2. The summed E-state index contributed by atoms with van der Waals surface area (Å²) in [7, 11) is 1.73. The highest BCUT2D eigenvalue weighted by Gasteiger charge is 2.11. The Hall–Kier alpha value is -2.25. The predicted molar refractivity (Wildman–Crippen MR) is 81.7 cm³/mol. The summed E-state index contributed by atoms with van der Waals surface area (Å²) in [5.74, 6) is 0.381. The number of rotatable bonds is 4. The Morgan fingerprint density at radius 3 is 2.65 bits per heavy atom. The van der Waals surface area contributed by atoms with Gasteiger partial charge in [0.25, 0.3) is 0 Å². The van der Waals surface area contributed by atoms with Crippen LogP contribution in [-0.4, -0.2) is 18.7 Å². The zero-order chi connectivity index (χ0) is 14.4. The Morgan fingerprint density at radius 1 is 1.20 bits per heavy atom. The van der Waals surface area contributed by atoms with Gasteiger partial charge in [-0.05, 0) is 30.3 Å². The third kappa shape index (κ3) is 3.62. The number of carbonyl (C=O) groups excluding carboxylic acids is 1. The van der Waals surface area contributed by atoms with Crippen LogP contribution in [0.5, 0.6) is 0 Å². The van der Waals surface area contributed by atoms with Crippen LogP contribution < -0.4 is 4.90 Å². The third-order valence-electron chi connectivity index (χ3n) is 2.84. The second kappa shape index (κ2) is 6.78. The molecule has 2 aromatic carbocycles. The van der Waals surface area contributed by atoms with Crippen molar-refractivity contribution in [1.82, 2.24) is 0 Å². The van der Waals surface area contributed by atoms with E-state index in [0.29, 0.717) is 11.3 Å². The van der Waals surface area contributed by atoms with E-state index in [-0.39, 0.29) is 5.91 Å². The maximum Gasteiger partial charge on any atom is 0.237 e. The number of benzene rings is 2. The van der Waals surface area contributed by atoms with Gasteiger partial charge in [-0.15, -0.1) is 11.8 Å². The first-order valence-corrected chi connectivity index (χ1v) is 7.14. The van der Waals surface area contributed by atoms with E-state index in [1.807, 2.05) is 36.4 Å². The number of thioether (sulfide) groups is 1. The van der Waals surface area contributed by atoms with E-state index in [9.17, 15) is 4.79 Å². The van der Waals surface area contributed by atoms with E-state index in [1.165, 1.54) is 11.8 Å². The zero-order valence-corrected chi connectivity index (χ0v) is 11.9. The largest absolute Gasteiger partial charge is 0.315 e. The molecule has 100 valence electrons. The molecule has 3 nitrogen and oxygen atoms in total. The quantitative estimate of drug-likeness (QED) is 0.808. The molecule has 0 bridgehead atoms. The molecule has 0 unspecified atom stereocenters. The summed E-state index contributed by atoms with van der Waals surface area (Å²) in [6.45, 7) is 0. The minimum atomic E-state index is 0.00828. The van der Waals surface area contributed by atoms with Gasteiger partial charge in [-0.1, -0.05) is 24.3 Å². The Kier molecular flexibility index (Phi) is 4.80. The van der Waals surface area contributed by atoms with Crippen molar-refractivity contribution in [3.63, 3.8) is 0 Å². The number of carbonyl (C=O) groups is 1. The summed E-state index contributed by atoms with van der Waals surface area (Å²) in [6.07, 6.45) is 0. The first-order chi connectivity index (χ1) is 9.70. The van der Waals surface area contributed by atoms with Crippen molar-refractivity contribution >= 4 is 23.4 Å². The molecule has 0 N–H and O–H groups in total. The van der Waals surface area contributed by atoms with Gasteiger partial charge in [-0.3, -0.25) is 4.79 Å². The van der Waals surface area contributed by atoms with Crippen molar-refractivity contribution < 1.29 is 4.79 Å². The van der Waals surface area contributed by atoms with Crippen LogP contribution in [-0.2, 0) is 4.79 Å². The van der Waals surface area contributed by atoms with Gasteiger partial charge in [-0.2, -0.15) is 5.26 Å². The number of anilines is 1. The summed E-state index contributed by atoms with van der Waals surface area (Å²) in [4.78, 5) is 14.8. The zero-order valence-electron chi connectivity index (χ0n) is 11.1. The van der Waals surface area contributed by atoms with Crippen molar-refractivity contribution in [3.8, 4) is 6.07 Å². The van der Waals surface area contributed by atoms with Crippen molar-refractivity contribution in [2.75, 3.05) is 17.7 Å². The summed E-state index contributed by atoms with van der Waals surface area (Å²) < 4.78 is 0. The van der Waals surface area contributed by atoms with Crippen LogP contribution in [0.4, 0.5) is 5.69 Å². The van der Waals surface area contributed by atoms with Crippen molar-refractivity contribution in [3.05, 3.63) is 60.2 Å². The standard InChI is InChI=1S/C16H14N2OS/c1-18(14-7-5-6-13(10-14)11-17)16(19)12-20-15-8-3-2-4-9-15/h2-10H,12H2,1H3. The van der Waals surface area contributed by atoms with Crippen LogP contribution in [0.25, 0.3) is 0 Å². The van der Waals surface area contributed by atoms with E-state index in [2.05, 4.69) is 6.07 Å². The highest BCUT2D eigenvalue weighted by molar-refractivity contribution is 8.00. The molecule has 0 aliphatic heterocycles. The van der Waals surface area contributed by atoms with Gasteiger partial charge < -0.3 is 4.90 Å². The van der Waals surface area contributed by atoms with Crippen molar-refractivity contribution in [2.24, 2.45) is 0 Å². The molecular weight excluding hydrogens is 268 g/mol. The molecule has 0 aliphatic rings. The molecule has 0 spiro atoms. The third-order valence-corrected chi connectivity index (χ3v) is 3.84. The minimum Gasteiger partial charge on any atom is -0.315 e. The van der Waals surface area contributed by atoms with Gasteiger partial charge in [0, 0.05) is 17.6 Å². The average molecular weight is 282 g/mol. The van der Waals surface area contributed by atoms with Gasteiger partial charge in [0.05, 0.1) is 17.4 Å². The highest BCUT2D eigenvalue weighted by atomic mass is 32.2. The van der Waals surface area contributed by atoms with E-state index in [1.54, 1.807) is 30.1 Å². The van der Waals surface area contributed by atoms with Crippen LogP contribution in [0.15, 0.2) is 59.5 Å². The van der Waals surface area contributed by atoms with Crippen molar-refractivity contribution in [2.45, 2.75) is 4.90 Å². The summed E-state index contributed by atoms with van der Waals surface area (Å²) >= 11 is 1.51. The van der Waals surface area contributed by atoms with E-state index >= 15 is 0 Å². The first-order valence-electron chi connectivity index (χ1n) is 6.15. The SMILES string of the molecule is CN(C(=O)CSc1ccccc1)c1cccc(C#N)c1. The van der Waals surface area contributed by atoms with Crippen LogP contribution >= 0.6 is 11.8 Å². The maximum atomic E-state index is 12.1. The van der Waals surface area contributed by atoms with Gasteiger partial charge in [0.1, 0.15) is 0 Å². The molecule has 0 saturated heterocycles. The monoisotopic (exact) mass is 282 g/mol. The highest BCUT2D eigenvalue weighted by Crippen LogP contribution is 2.20. The second-order valence-corrected chi connectivity index (χ2v) is 5.27. The maximum absolute atomic E-state index is 12.1. The number of hydrogen-bond donors (Lipinski definition) is 0.